The summed E-state index contributed by atoms with van der Waals surface area (Å²) in [6, 6.07) is 5.06. The fourth-order valence-electron chi connectivity index (χ4n) is 2.37. The highest BCUT2D eigenvalue weighted by atomic mass is 32.2. The Morgan fingerprint density at radius 1 is 1.33 bits per heavy atom. The fourth-order valence-corrected chi connectivity index (χ4v) is 3.86. The van der Waals surface area contributed by atoms with E-state index in [2.05, 4.69) is 23.0 Å². The number of nitrogens with one attached hydrogen (secondary N) is 1. The molecule has 1 heterocycles. The molecule has 146 valence electrons. The lowest BCUT2D eigenvalue weighted by Gasteiger charge is -2.21. The first kappa shape index (κ1) is 20.8. The quantitative estimate of drug-likeness (QED) is 0.575. The summed E-state index contributed by atoms with van der Waals surface area (Å²) in [4.78, 5) is 23.6. The molecule has 2 rings (SSSR count). The maximum absolute atomic E-state index is 12.9. The Morgan fingerprint density at radius 2 is 1.93 bits per heavy atom. The van der Waals surface area contributed by atoms with Crippen LogP contribution in [0.5, 0.6) is 0 Å². The number of sulfonamides is 1. The number of benzene rings is 1. The van der Waals surface area contributed by atoms with Crippen LogP contribution in [-0.2, 0) is 21.9 Å². The molecule has 0 saturated carbocycles. The lowest BCUT2D eigenvalue weighted by Crippen LogP contribution is -2.42. The summed E-state index contributed by atoms with van der Waals surface area (Å²) in [5, 5.41) is 15.3. The van der Waals surface area contributed by atoms with Gasteiger partial charge < -0.3 is 10.4 Å². The Bertz CT molecular complexity index is 954. The van der Waals surface area contributed by atoms with Crippen molar-refractivity contribution in [3.05, 3.63) is 41.6 Å². The van der Waals surface area contributed by atoms with Crippen molar-refractivity contribution in [1.82, 2.24) is 15.1 Å². The van der Waals surface area contributed by atoms with E-state index in [-0.39, 0.29) is 22.0 Å². The molecule has 27 heavy (non-hydrogen) atoms. The summed E-state index contributed by atoms with van der Waals surface area (Å²) in [5.41, 5.74) is 0.840. The van der Waals surface area contributed by atoms with Crippen LogP contribution in [0.4, 0.5) is 5.82 Å². The van der Waals surface area contributed by atoms with Gasteiger partial charge in [0.1, 0.15) is 11.6 Å². The van der Waals surface area contributed by atoms with E-state index < -0.39 is 27.9 Å². The smallest absolute Gasteiger partial charge is 0.327 e. The Kier molecular flexibility index (Phi) is 6.16. The summed E-state index contributed by atoms with van der Waals surface area (Å²) in [7, 11) is -1.16. The minimum absolute atomic E-state index is 0.0105. The number of carbonyl (C=O) groups excluding carboxylic acids is 1. The van der Waals surface area contributed by atoms with Crippen LogP contribution in [0.3, 0.4) is 0 Å². The van der Waals surface area contributed by atoms with Gasteiger partial charge in [-0.2, -0.15) is 17.7 Å². The van der Waals surface area contributed by atoms with Gasteiger partial charge in [0.05, 0.1) is 11.1 Å². The first-order valence-electron chi connectivity index (χ1n) is 7.81. The molecule has 2 N–H and O–H groups in total. The van der Waals surface area contributed by atoms with Gasteiger partial charge in [-0.05, 0) is 19.1 Å². The van der Waals surface area contributed by atoms with Crippen molar-refractivity contribution in [2.75, 3.05) is 17.1 Å². The summed E-state index contributed by atoms with van der Waals surface area (Å²) in [6.07, 6.45) is 1.18. The fraction of sp³-hybridized carbons (Fsp3) is 0.312. The normalized spacial score (nSPS) is 12.4. The number of anilines is 1. The molecule has 1 atom stereocenters. The molecule has 1 amide bonds. The summed E-state index contributed by atoms with van der Waals surface area (Å²) >= 11 is 3.89. The topological polar surface area (TPSA) is 122 Å². The lowest BCUT2D eigenvalue weighted by molar-refractivity contribution is -0.138. The van der Waals surface area contributed by atoms with Crippen molar-refractivity contribution >= 4 is 40.3 Å². The molecule has 0 saturated heterocycles. The molecule has 0 radical (unpaired) electrons. The third-order valence-corrected chi connectivity index (χ3v) is 6.04. The van der Waals surface area contributed by atoms with E-state index in [1.807, 2.05) is 6.92 Å². The highest BCUT2D eigenvalue weighted by Gasteiger charge is 2.30. The molecule has 0 aliphatic heterocycles. The molecule has 0 aliphatic rings. The number of aromatic nitrogens is 2. The number of rotatable bonds is 7. The molecule has 0 bridgehead atoms. The first-order chi connectivity index (χ1) is 12.6. The largest absolute Gasteiger partial charge is 0.480 e. The van der Waals surface area contributed by atoms with Crippen LogP contribution in [0.15, 0.2) is 35.4 Å². The van der Waals surface area contributed by atoms with Gasteiger partial charge in [0.25, 0.3) is 15.9 Å². The third kappa shape index (κ3) is 4.25. The lowest BCUT2D eigenvalue weighted by atomic mass is 10.2. The average molecular weight is 412 g/mol. The maximum Gasteiger partial charge on any atom is 0.327 e. The zero-order chi connectivity index (χ0) is 20.4. The molecule has 2 aromatic rings. The standard InChI is InChI=1S/C16H20N4O5S2/c1-10-4-6-11(7-5-10)27(24,25)20(3)15-12(8-17-19(15)2)14(21)18-13(9-26)16(22)23/h4-8,13,26H,9H2,1-3H3,(H,18,21)(H,22,23). The monoisotopic (exact) mass is 412 g/mol. The second-order valence-electron chi connectivity index (χ2n) is 5.84. The van der Waals surface area contributed by atoms with E-state index in [0.717, 1.165) is 9.87 Å². The molecule has 1 aromatic heterocycles. The van der Waals surface area contributed by atoms with Crippen LogP contribution in [0.25, 0.3) is 0 Å². The Morgan fingerprint density at radius 3 is 2.44 bits per heavy atom. The molecule has 1 aromatic carbocycles. The highest BCUT2D eigenvalue weighted by molar-refractivity contribution is 7.92. The third-order valence-electron chi connectivity index (χ3n) is 3.92. The van der Waals surface area contributed by atoms with Crippen LogP contribution in [0, 0.1) is 6.92 Å². The van der Waals surface area contributed by atoms with Crippen LogP contribution >= 0.6 is 12.6 Å². The predicted octanol–water partition coefficient (Wildman–Crippen LogP) is 0.666. The van der Waals surface area contributed by atoms with E-state index in [9.17, 15) is 18.0 Å². The number of hydrogen-bond donors (Lipinski definition) is 3. The van der Waals surface area contributed by atoms with Crippen molar-refractivity contribution < 1.29 is 23.1 Å². The van der Waals surface area contributed by atoms with E-state index in [0.29, 0.717) is 0 Å². The Labute approximate surface area is 162 Å². The number of amides is 1. The van der Waals surface area contributed by atoms with Gasteiger partial charge in [-0.1, -0.05) is 17.7 Å². The number of carboxylic acid groups (broad SMARTS) is 1. The van der Waals surface area contributed by atoms with Crippen LogP contribution in [-0.4, -0.2) is 54.0 Å². The molecular formula is C16H20N4O5S2. The van der Waals surface area contributed by atoms with Crippen molar-refractivity contribution in [3.8, 4) is 0 Å². The zero-order valence-corrected chi connectivity index (χ0v) is 16.7. The van der Waals surface area contributed by atoms with Gasteiger partial charge in [0.2, 0.25) is 0 Å². The number of aryl methyl sites for hydroxylation is 2. The van der Waals surface area contributed by atoms with Crippen LogP contribution in [0.1, 0.15) is 15.9 Å². The number of aliphatic carboxylic acids is 1. The second-order valence-corrected chi connectivity index (χ2v) is 8.17. The molecule has 9 nitrogen and oxygen atoms in total. The summed E-state index contributed by atoms with van der Waals surface area (Å²) < 4.78 is 28.0. The van der Waals surface area contributed by atoms with Crippen molar-refractivity contribution in [2.45, 2.75) is 17.9 Å². The molecule has 0 spiro atoms. The van der Waals surface area contributed by atoms with Gasteiger partial charge in [-0.25, -0.2) is 13.2 Å². The second kappa shape index (κ2) is 8.01. The molecule has 1 unspecified atom stereocenters. The Hall–Kier alpha value is -2.53. The van der Waals surface area contributed by atoms with Gasteiger partial charge in [-0.15, -0.1) is 0 Å². The highest BCUT2D eigenvalue weighted by Crippen LogP contribution is 2.25. The average Bonchev–Trinajstić information content (AvgIpc) is 3.00. The number of carbonyl (C=O) groups is 2. The van der Waals surface area contributed by atoms with Gasteiger partial charge >= 0.3 is 5.97 Å². The molecule has 0 fully saturated rings. The molecular weight excluding hydrogens is 392 g/mol. The Balaban J connectivity index is 2.41. The zero-order valence-electron chi connectivity index (χ0n) is 14.9. The predicted molar refractivity (Wildman–Crippen MR) is 103 cm³/mol. The van der Waals surface area contributed by atoms with E-state index in [1.165, 1.54) is 37.1 Å². The van der Waals surface area contributed by atoms with E-state index in [4.69, 9.17) is 5.11 Å². The number of hydrogen-bond acceptors (Lipinski definition) is 6. The number of carboxylic acids is 1. The summed E-state index contributed by atoms with van der Waals surface area (Å²) in [6.45, 7) is 1.84. The minimum Gasteiger partial charge on any atom is -0.480 e. The van der Waals surface area contributed by atoms with Crippen LogP contribution in [0.2, 0.25) is 0 Å². The summed E-state index contributed by atoms with van der Waals surface area (Å²) in [5.74, 6) is -2.11. The van der Waals surface area contributed by atoms with E-state index in [1.54, 1.807) is 12.1 Å². The van der Waals surface area contributed by atoms with Gasteiger partial charge in [-0.3, -0.25) is 13.8 Å². The van der Waals surface area contributed by atoms with Crippen molar-refractivity contribution in [3.63, 3.8) is 0 Å². The van der Waals surface area contributed by atoms with Crippen molar-refractivity contribution in [2.24, 2.45) is 7.05 Å². The SMILES string of the molecule is Cc1ccc(S(=O)(=O)N(C)c2c(C(=O)NC(CS)C(=O)O)cnn2C)cc1. The maximum atomic E-state index is 12.9. The van der Waals surface area contributed by atoms with Crippen LogP contribution < -0.4 is 9.62 Å². The first-order valence-corrected chi connectivity index (χ1v) is 9.89. The molecule has 0 aliphatic carbocycles. The molecule has 11 heteroatoms. The van der Waals surface area contributed by atoms with E-state index >= 15 is 0 Å². The number of nitrogens with zero attached hydrogens (tertiary/aromatic N) is 3. The van der Waals surface area contributed by atoms with Gasteiger partial charge in [0, 0.05) is 19.8 Å². The minimum atomic E-state index is -3.95. The van der Waals surface area contributed by atoms with Crippen molar-refractivity contribution in [1.29, 1.82) is 0 Å². The number of thiol groups is 1. The van der Waals surface area contributed by atoms with Gasteiger partial charge in [0.15, 0.2) is 5.82 Å².